The van der Waals surface area contributed by atoms with E-state index in [1.807, 2.05) is 7.11 Å². The van der Waals surface area contributed by atoms with Crippen molar-refractivity contribution >= 4 is 5.97 Å². The molecule has 0 aromatic carbocycles. The molecule has 18 unspecified atom stereocenters. The van der Waals surface area contributed by atoms with Crippen LogP contribution in [-0.4, -0.2) is 99.4 Å². The van der Waals surface area contributed by atoms with E-state index >= 15 is 0 Å². The highest BCUT2D eigenvalue weighted by molar-refractivity contribution is 5.65. The maximum atomic E-state index is 12.4. The largest absolute Gasteiger partial charge is 0.465 e. The molecule has 8 rings (SSSR count). The topological polar surface area (TPSA) is 154 Å². The van der Waals surface area contributed by atoms with E-state index in [4.69, 9.17) is 24.7 Å². The molecule has 0 amide bonds. The molecule has 6 saturated carbocycles. The fourth-order valence-electron chi connectivity index (χ4n) is 15.8. The van der Waals surface area contributed by atoms with E-state index in [0.717, 1.165) is 75.2 Å². The number of nitrogens with two attached hydrogens (primary N) is 3. The minimum Gasteiger partial charge on any atom is -0.465 e. The molecule has 0 bridgehead atoms. The van der Waals surface area contributed by atoms with E-state index in [2.05, 4.69) is 17.7 Å². The molecule has 2 saturated heterocycles. The Morgan fingerprint density at radius 1 is 0.912 bits per heavy atom. The predicted octanol–water partition coefficient (Wildman–Crippen LogP) is 4.14. The van der Waals surface area contributed by atoms with Gasteiger partial charge in [0.1, 0.15) is 6.17 Å². The van der Waals surface area contributed by atoms with Gasteiger partial charge in [-0.05, 0) is 142 Å². The van der Waals surface area contributed by atoms with Crippen LogP contribution in [0, 0.1) is 70.5 Å². The summed E-state index contributed by atoms with van der Waals surface area (Å²) in [5.41, 5.74) is 6.67. The second-order valence-electron chi connectivity index (χ2n) is 21.2. The lowest BCUT2D eigenvalue weighted by Crippen LogP contribution is -2.95. The number of quaternary nitrogens is 2. The number of ether oxygens (including phenoxy) is 4. The van der Waals surface area contributed by atoms with Crippen molar-refractivity contribution in [1.82, 2.24) is 0 Å². The van der Waals surface area contributed by atoms with Crippen molar-refractivity contribution in [2.24, 2.45) is 76.2 Å². The Kier molecular flexibility index (Phi) is 14.3. The van der Waals surface area contributed by atoms with Crippen molar-refractivity contribution in [3.8, 4) is 0 Å². The molecule has 18 atom stereocenters. The summed E-state index contributed by atoms with van der Waals surface area (Å²) < 4.78 is 26.3. The molecule has 10 nitrogen and oxygen atoms in total. The number of carbonyl (C=O) groups excluding carboxylic acids is 1. The first kappa shape index (κ1) is 42.8. The first-order chi connectivity index (χ1) is 27.7. The third-order valence-electron chi connectivity index (χ3n) is 18.2. The van der Waals surface area contributed by atoms with Gasteiger partial charge in [-0.15, -0.1) is 0 Å². The minimum absolute atomic E-state index is 0.00182. The quantitative estimate of drug-likeness (QED) is 0.138. The summed E-state index contributed by atoms with van der Waals surface area (Å²) in [6.07, 6.45) is 23.4. The molecule has 8 fully saturated rings. The van der Waals surface area contributed by atoms with E-state index in [-0.39, 0.29) is 59.9 Å². The minimum atomic E-state index is -0.441. The molecule has 57 heavy (non-hydrogen) atoms. The van der Waals surface area contributed by atoms with Gasteiger partial charge in [-0.2, -0.15) is 0 Å². The van der Waals surface area contributed by atoms with Gasteiger partial charge in [-0.3, -0.25) is 10.5 Å². The zero-order chi connectivity index (χ0) is 39.7. The molecule has 8 N–H and O–H groups in total. The lowest BCUT2D eigenvalue weighted by molar-refractivity contribution is -0.704. The molecule has 2 aliphatic heterocycles. The molecular formula is C47H83N3O7+2. The van der Waals surface area contributed by atoms with Gasteiger partial charge in [0.2, 0.25) is 0 Å². The summed E-state index contributed by atoms with van der Waals surface area (Å²) in [5.74, 6) is 5.66. The third-order valence-corrected chi connectivity index (χ3v) is 18.2. The highest BCUT2D eigenvalue weighted by Gasteiger charge is 2.66. The van der Waals surface area contributed by atoms with E-state index in [1.165, 1.54) is 90.0 Å². The third kappa shape index (κ3) is 9.20. The standard InChI is InChI=1S/C47H81N3O7/c1-28(51)56-27-38-36-13-14-37-43-33(21-34(52)23-41(43)54-3)25-47(44(37)46(36)57-45(38)30-10-15-39(53)40(22-30)55-20-19-49-2)18-17-31(24-47)35(32-11-16-42(48)50-26-32)12-9-29-7-5-4-6-8-29/h29-46,49-50,52-53H,4-27,48H2,1-3H3/p+2. The average Bonchev–Trinajstić information content (AvgIpc) is 3.80. The Hall–Kier alpha value is -0.850. The molecule has 1 spiro atoms. The van der Waals surface area contributed by atoms with Crippen LogP contribution < -0.4 is 16.4 Å². The number of methoxy groups -OCH3 is 1. The van der Waals surface area contributed by atoms with Crippen molar-refractivity contribution in [3.05, 3.63) is 0 Å². The molecular weight excluding hydrogens is 719 g/mol. The number of aliphatic hydroxyl groups is 2. The van der Waals surface area contributed by atoms with Crippen molar-refractivity contribution in [1.29, 1.82) is 0 Å². The van der Waals surface area contributed by atoms with Crippen LogP contribution >= 0.6 is 0 Å². The second kappa shape index (κ2) is 19.0. The Balaban J connectivity index is 1.10. The first-order valence-corrected chi connectivity index (χ1v) is 24.3. The smallest absolute Gasteiger partial charge is 0.302 e. The van der Waals surface area contributed by atoms with Gasteiger partial charge in [-0.1, -0.05) is 38.5 Å². The van der Waals surface area contributed by atoms with Crippen LogP contribution in [0.5, 0.6) is 0 Å². The average molecular weight is 802 g/mol. The van der Waals surface area contributed by atoms with Crippen LogP contribution in [0.15, 0.2) is 0 Å². The van der Waals surface area contributed by atoms with Crippen molar-refractivity contribution in [2.75, 3.05) is 40.5 Å². The van der Waals surface area contributed by atoms with Crippen molar-refractivity contribution in [2.45, 2.75) is 178 Å². The Labute approximate surface area is 344 Å². The zero-order valence-corrected chi connectivity index (χ0v) is 36.0. The van der Waals surface area contributed by atoms with Crippen molar-refractivity contribution in [3.63, 3.8) is 0 Å². The van der Waals surface area contributed by atoms with Crippen LogP contribution in [-0.2, 0) is 23.7 Å². The SMILES string of the molecule is C[NH2+]CCOC1CC(C2OC3C(CCC4C5C(CC(O)CC5OC)CC5(CCC(C(CCC6CCCCC6)C6CCC(N)[NH2+]C6)C5)C43)C2COC(C)=O)CCC1O. The van der Waals surface area contributed by atoms with Gasteiger partial charge in [-0.25, -0.2) is 0 Å². The van der Waals surface area contributed by atoms with E-state index in [9.17, 15) is 15.0 Å². The lowest BCUT2D eigenvalue weighted by Gasteiger charge is -2.61. The Bertz CT molecular complexity index is 1290. The van der Waals surface area contributed by atoms with Gasteiger partial charge >= 0.3 is 5.97 Å². The van der Waals surface area contributed by atoms with Gasteiger partial charge in [0.15, 0.2) is 0 Å². The van der Waals surface area contributed by atoms with Crippen LogP contribution in [0.3, 0.4) is 0 Å². The molecule has 0 aromatic rings. The number of hydrogen-bond acceptors (Lipinski definition) is 8. The predicted molar refractivity (Wildman–Crippen MR) is 218 cm³/mol. The van der Waals surface area contributed by atoms with Crippen LogP contribution in [0.2, 0.25) is 0 Å². The van der Waals surface area contributed by atoms with Gasteiger partial charge in [0, 0.05) is 32.3 Å². The zero-order valence-electron chi connectivity index (χ0n) is 36.0. The number of aliphatic hydroxyl groups excluding tert-OH is 2. The molecule has 2 heterocycles. The molecule has 6 aliphatic carbocycles. The maximum absolute atomic E-state index is 12.4. The highest BCUT2D eigenvalue weighted by Crippen LogP contribution is 2.69. The van der Waals surface area contributed by atoms with Crippen LogP contribution in [0.1, 0.15) is 135 Å². The molecule has 8 aliphatic rings. The summed E-state index contributed by atoms with van der Waals surface area (Å²) >= 11 is 0. The number of rotatable bonds is 13. The Morgan fingerprint density at radius 2 is 1.74 bits per heavy atom. The molecule has 0 aromatic heterocycles. The summed E-state index contributed by atoms with van der Waals surface area (Å²) in [7, 11) is 3.94. The van der Waals surface area contributed by atoms with E-state index < -0.39 is 6.10 Å². The lowest BCUT2D eigenvalue weighted by atomic mass is 9.45. The van der Waals surface area contributed by atoms with Crippen LogP contribution in [0.4, 0.5) is 0 Å². The summed E-state index contributed by atoms with van der Waals surface area (Å²) in [5, 5.41) is 26.9. The first-order valence-electron chi connectivity index (χ1n) is 24.3. The fraction of sp³-hybridized carbons (Fsp3) is 0.979. The number of piperidine rings is 1. The highest BCUT2D eigenvalue weighted by atomic mass is 16.5. The summed E-state index contributed by atoms with van der Waals surface area (Å²) in [6.45, 7) is 4.67. The van der Waals surface area contributed by atoms with Gasteiger partial charge < -0.3 is 39.8 Å². The maximum Gasteiger partial charge on any atom is 0.302 e. The fourth-order valence-corrected chi connectivity index (χ4v) is 15.8. The number of hydrogen-bond donors (Lipinski definition) is 5. The van der Waals surface area contributed by atoms with Crippen molar-refractivity contribution < 1.29 is 44.6 Å². The summed E-state index contributed by atoms with van der Waals surface area (Å²) in [4.78, 5) is 12.4. The van der Waals surface area contributed by atoms with E-state index in [1.54, 1.807) is 6.92 Å². The summed E-state index contributed by atoms with van der Waals surface area (Å²) in [6, 6.07) is 0. The molecule has 10 heteroatoms. The van der Waals surface area contributed by atoms with Gasteiger partial charge in [0.25, 0.3) is 0 Å². The Morgan fingerprint density at radius 3 is 2.49 bits per heavy atom. The number of likely N-dealkylation sites (N-methyl/N-ethyl adjacent to an activating group) is 1. The van der Waals surface area contributed by atoms with Gasteiger partial charge in [0.05, 0.1) is 70.0 Å². The number of fused-ring (bicyclic) bond motifs is 6. The number of carbonyl (C=O) groups is 1. The number of esters is 1. The van der Waals surface area contributed by atoms with Crippen LogP contribution in [0.25, 0.3) is 0 Å². The molecule has 0 radical (unpaired) electrons. The van der Waals surface area contributed by atoms with E-state index in [0.29, 0.717) is 42.8 Å². The normalized spacial score (nSPS) is 46.9. The molecule has 326 valence electrons. The second-order valence-corrected chi connectivity index (χ2v) is 21.2. The monoisotopic (exact) mass is 802 g/mol.